The van der Waals surface area contributed by atoms with E-state index in [0.29, 0.717) is 12.4 Å². The Labute approximate surface area is 86.4 Å². The van der Waals surface area contributed by atoms with E-state index in [2.05, 4.69) is 17.1 Å². The molecule has 0 radical (unpaired) electrons. The summed E-state index contributed by atoms with van der Waals surface area (Å²) in [5.74, 6) is 0.493. The summed E-state index contributed by atoms with van der Waals surface area (Å²) in [7, 11) is -0.967. The quantitative estimate of drug-likeness (QED) is 0.615. The Bertz CT molecular complexity index is 299. The molecule has 0 aromatic heterocycles. The standard InChI is InChI=1S/C9H12O2S2/c1-8-3-2-4-9(7-8)13(10)6-5-11-12/h2-4,7,12H,5-6H2,1H3. The maximum atomic E-state index is 11.6. The van der Waals surface area contributed by atoms with Crippen molar-refractivity contribution in [1.82, 2.24) is 0 Å². The number of hydrogen-bond acceptors (Lipinski definition) is 3. The van der Waals surface area contributed by atoms with Gasteiger partial charge in [-0.15, -0.1) is 0 Å². The molecule has 0 saturated carbocycles. The van der Waals surface area contributed by atoms with E-state index in [1.165, 1.54) is 0 Å². The van der Waals surface area contributed by atoms with Gasteiger partial charge < -0.3 is 4.18 Å². The lowest BCUT2D eigenvalue weighted by atomic mass is 10.2. The van der Waals surface area contributed by atoms with Gasteiger partial charge in [0.05, 0.1) is 23.2 Å². The Hall–Kier alpha value is -0.320. The first kappa shape index (κ1) is 10.8. The monoisotopic (exact) mass is 216 g/mol. The molecule has 0 saturated heterocycles. The van der Waals surface area contributed by atoms with Gasteiger partial charge in [0.25, 0.3) is 0 Å². The van der Waals surface area contributed by atoms with Gasteiger partial charge in [-0.3, -0.25) is 4.21 Å². The summed E-state index contributed by atoms with van der Waals surface area (Å²) in [6, 6.07) is 7.68. The van der Waals surface area contributed by atoms with Gasteiger partial charge in [0.15, 0.2) is 0 Å². The van der Waals surface area contributed by atoms with E-state index < -0.39 is 10.8 Å². The van der Waals surface area contributed by atoms with Crippen LogP contribution in [-0.4, -0.2) is 16.6 Å². The molecule has 1 rings (SSSR count). The minimum atomic E-state index is -0.967. The summed E-state index contributed by atoms with van der Waals surface area (Å²) in [5, 5.41) is 0. The highest BCUT2D eigenvalue weighted by molar-refractivity contribution is 7.85. The largest absolute Gasteiger partial charge is 0.318 e. The third-order valence-corrected chi connectivity index (χ3v) is 3.11. The van der Waals surface area contributed by atoms with Crippen molar-refractivity contribution < 1.29 is 8.39 Å². The lowest BCUT2D eigenvalue weighted by Crippen LogP contribution is -2.02. The SMILES string of the molecule is Cc1cccc(S(=O)CCOS)c1. The highest BCUT2D eigenvalue weighted by Gasteiger charge is 2.02. The molecule has 0 bridgehead atoms. The van der Waals surface area contributed by atoms with Crippen LogP contribution in [0.15, 0.2) is 29.2 Å². The van der Waals surface area contributed by atoms with Gasteiger partial charge in [0.2, 0.25) is 0 Å². The summed E-state index contributed by atoms with van der Waals surface area (Å²) < 4.78 is 16.1. The van der Waals surface area contributed by atoms with Gasteiger partial charge in [0.1, 0.15) is 0 Å². The first-order chi connectivity index (χ1) is 6.24. The second-order valence-electron chi connectivity index (χ2n) is 2.70. The highest BCUT2D eigenvalue weighted by atomic mass is 32.2. The third-order valence-electron chi connectivity index (χ3n) is 1.61. The highest BCUT2D eigenvalue weighted by Crippen LogP contribution is 2.09. The molecule has 1 aromatic rings. The summed E-state index contributed by atoms with van der Waals surface area (Å²) >= 11 is 3.59. The van der Waals surface area contributed by atoms with Crippen molar-refractivity contribution >= 4 is 23.7 Å². The van der Waals surface area contributed by atoms with Crippen LogP contribution in [0.2, 0.25) is 0 Å². The van der Waals surface area contributed by atoms with Crippen molar-refractivity contribution in [2.75, 3.05) is 12.4 Å². The molecular formula is C9H12O2S2. The molecule has 4 heteroatoms. The van der Waals surface area contributed by atoms with Crippen molar-refractivity contribution in [3.05, 3.63) is 29.8 Å². The minimum Gasteiger partial charge on any atom is -0.318 e. The zero-order valence-electron chi connectivity index (χ0n) is 7.40. The van der Waals surface area contributed by atoms with Crippen molar-refractivity contribution in [2.45, 2.75) is 11.8 Å². The van der Waals surface area contributed by atoms with Crippen LogP contribution < -0.4 is 0 Å². The van der Waals surface area contributed by atoms with E-state index in [0.717, 1.165) is 10.5 Å². The number of aryl methyl sites for hydroxylation is 1. The molecule has 1 aromatic carbocycles. The van der Waals surface area contributed by atoms with Crippen LogP contribution in [0.5, 0.6) is 0 Å². The number of rotatable bonds is 4. The van der Waals surface area contributed by atoms with Crippen LogP contribution >= 0.6 is 12.9 Å². The van der Waals surface area contributed by atoms with Crippen molar-refractivity contribution in [1.29, 1.82) is 0 Å². The van der Waals surface area contributed by atoms with Crippen LogP contribution in [0.25, 0.3) is 0 Å². The third kappa shape index (κ3) is 3.50. The van der Waals surface area contributed by atoms with Crippen molar-refractivity contribution in [3.8, 4) is 0 Å². The molecular weight excluding hydrogens is 204 g/mol. The van der Waals surface area contributed by atoms with E-state index in [4.69, 9.17) is 0 Å². The fourth-order valence-electron chi connectivity index (χ4n) is 0.988. The number of hydrogen-bond donors (Lipinski definition) is 1. The van der Waals surface area contributed by atoms with Crippen molar-refractivity contribution in [2.24, 2.45) is 0 Å². The van der Waals surface area contributed by atoms with Crippen LogP contribution in [0.3, 0.4) is 0 Å². The first-order valence-corrected chi connectivity index (χ1v) is 5.64. The van der Waals surface area contributed by atoms with E-state index in [1.54, 1.807) is 0 Å². The second-order valence-corrected chi connectivity index (χ2v) is 4.53. The molecule has 1 atom stereocenters. The lowest BCUT2D eigenvalue weighted by Gasteiger charge is -2.01. The normalized spacial score (nSPS) is 12.8. The van der Waals surface area contributed by atoms with Gasteiger partial charge in [0, 0.05) is 4.90 Å². The van der Waals surface area contributed by atoms with Crippen LogP contribution in [0.1, 0.15) is 5.56 Å². The van der Waals surface area contributed by atoms with Gasteiger partial charge in [-0.1, -0.05) is 12.1 Å². The van der Waals surface area contributed by atoms with Crippen molar-refractivity contribution in [3.63, 3.8) is 0 Å². The maximum absolute atomic E-state index is 11.6. The average molecular weight is 216 g/mol. The van der Waals surface area contributed by atoms with Gasteiger partial charge in [-0.2, -0.15) is 0 Å². The van der Waals surface area contributed by atoms with Gasteiger partial charge in [-0.05, 0) is 37.5 Å². The molecule has 72 valence electrons. The molecule has 2 nitrogen and oxygen atoms in total. The molecule has 0 spiro atoms. The van der Waals surface area contributed by atoms with Gasteiger partial charge in [-0.25, -0.2) is 0 Å². The Balaban J connectivity index is 2.66. The van der Waals surface area contributed by atoms with Crippen LogP contribution in [0.4, 0.5) is 0 Å². The van der Waals surface area contributed by atoms with E-state index in [1.807, 2.05) is 31.2 Å². The average Bonchev–Trinajstić information content (AvgIpc) is 2.14. The molecule has 0 amide bonds. The molecule has 0 N–H and O–H groups in total. The number of thiol groups is 1. The molecule has 0 heterocycles. The zero-order chi connectivity index (χ0) is 9.68. The predicted molar refractivity (Wildman–Crippen MR) is 57.4 cm³/mol. The van der Waals surface area contributed by atoms with Gasteiger partial charge >= 0.3 is 0 Å². The molecule has 0 aliphatic carbocycles. The van der Waals surface area contributed by atoms with Crippen LogP contribution in [-0.2, 0) is 15.0 Å². The van der Waals surface area contributed by atoms with E-state index in [9.17, 15) is 4.21 Å². The summed E-state index contributed by atoms with van der Waals surface area (Å²) in [6.07, 6.45) is 0. The van der Waals surface area contributed by atoms with E-state index >= 15 is 0 Å². The number of benzene rings is 1. The topological polar surface area (TPSA) is 26.3 Å². The molecule has 13 heavy (non-hydrogen) atoms. The molecule has 0 aliphatic heterocycles. The summed E-state index contributed by atoms with van der Waals surface area (Å²) in [5.41, 5.74) is 1.12. The Morgan fingerprint density at radius 3 is 2.92 bits per heavy atom. The molecule has 0 aliphatic rings. The fourth-order valence-corrected chi connectivity index (χ4v) is 2.22. The summed E-state index contributed by atoms with van der Waals surface area (Å²) in [4.78, 5) is 0.852. The smallest absolute Gasteiger partial charge is 0.0729 e. The molecule has 0 fully saturated rings. The first-order valence-electron chi connectivity index (χ1n) is 3.95. The Kier molecular flexibility index (Phi) is 4.48. The minimum absolute atomic E-state index is 0.406. The molecule has 1 unspecified atom stereocenters. The Morgan fingerprint density at radius 2 is 2.31 bits per heavy atom. The fraction of sp³-hybridized carbons (Fsp3) is 0.333. The lowest BCUT2D eigenvalue weighted by molar-refractivity contribution is 0.413. The van der Waals surface area contributed by atoms with E-state index in [-0.39, 0.29) is 0 Å². The summed E-state index contributed by atoms with van der Waals surface area (Å²) in [6.45, 7) is 2.39. The Morgan fingerprint density at radius 1 is 1.54 bits per heavy atom. The predicted octanol–water partition coefficient (Wildman–Crippen LogP) is 1.96. The zero-order valence-corrected chi connectivity index (χ0v) is 9.11. The maximum Gasteiger partial charge on any atom is 0.0729 e. The van der Waals surface area contributed by atoms with Crippen LogP contribution in [0, 0.1) is 6.92 Å². The second kappa shape index (κ2) is 5.42.